The van der Waals surface area contributed by atoms with Crippen LogP contribution < -0.4 is 0 Å². The van der Waals surface area contributed by atoms with Gasteiger partial charge in [0.15, 0.2) is 0 Å². The van der Waals surface area contributed by atoms with Gasteiger partial charge in [-0.15, -0.1) is 0 Å². The molecule has 0 fully saturated rings. The second kappa shape index (κ2) is 7.82. The molecule has 116 valence electrons. The average Bonchev–Trinajstić information content (AvgIpc) is 2.51. The van der Waals surface area contributed by atoms with Crippen LogP contribution in [-0.2, 0) is 6.54 Å². The van der Waals surface area contributed by atoms with Crippen LogP contribution in [-0.4, -0.2) is 34.2 Å². The third-order valence-electron chi connectivity index (χ3n) is 3.27. The van der Waals surface area contributed by atoms with Crippen molar-refractivity contribution < 1.29 is 15.0 Å². The molecule has 0 heterocycles. The SMILES string of the molecule is O=C(c1ccccc1O)N(CCCO)Cc1cccc(Cl)c1. The number of carbonyl (C=O) groups excluding carboxylic acids is 1. The first-order valence-corrected chi connectivity index (χ1v) is 7.42. The van der Waals surface area contributed by atoms with E-state index in [9.17, 15) is 9.90 Å². The van der Waals surface area contributed by atoms with Crippen molar-refractivity contribution in [2.45, 2.75) is 13.0 Å². The Hall–Kier alpha value is -2.04. The van der Waals surface area contributed by atoms with Crippen LogP contribution in [0.3, 0.4) is 0 Å². The molecule has 0 aliphatic carbocycles. The number of phenolic OH excluding ortho intramolecular Hbond substituents is 1. The predicted molar refractivity (Wildman–Crippen MR) is 86.0 cm³/mol. The minimum absolute atomic E-state index is 0.0000969. The third kappa shape index (κ3) is 4.23. The van der Waals surface area contributed by atoms with Gasteiger partial charge in [-0.2, -0.15) is 0 Å². The molecule has 2 aromatic rings. The Morgan fingerprint density at radius 2 is 1.91 bits per heavy atom. The molecule has 0 aliphatic heterocycles. The number of benzene rings is 2. The van der Waals surface area contributed by atoms with Gasteiger partial charge in [0.1, 0.15) is 5.75 Å². The van der Waals surface area contributed by atoms with Gasteiger partial charge in [0.2, 0.25) is 0 Å². The van der Waals surface area contributed by atoms with E-state index in [-0.39, 0.29) is 23.8 Å². The number of rotatable bonds is 6. The first-order valence-electron chi connectivity index (χ1n) is 7.04. The van der Waals surface area contributed by atoms with E-state index in [4.69, 9.17) is 16.7 Å². The minimum atomic E-state index is -0.272. The number of halogens is 1. The molecule has 0 atom stereocenters. The first kappa shape index (κ1) is 16.3. The molecule has 4 nitrogen and oxygen atoms in total. The van der Waals surface area contributed by atoms with Crippen molar-refractivity contribution in [2.75, 3.05) is 13.2 Å². The number of hydrogen-bond donors (Lipinski definition) is 2. The molecule has 1 amide bonds. The molecule has 5 heteroatoms. The molecule has 0 spiro atoms. The lowest BCUT2D eigenvalue weighted by molar-refractivity contribution is 0.0729. The molecule has 0 radical (unpaired) electrons. The summed E-state index contributed by atoms with van der Waals surface area (Å²) in [5, 5.41) is 19.5. The molecule has 2 N–H and O–H groups in total. The van der Waals surface area contributed by atoms with E-state index < -0.39 is 0 Å². The summed E-state index contributed by atoms with van der Waals surface area (Å²) in [7, 11) is 0. The average molecular weight is 320 g/mol. The molecule has 22 heavy (non-hydrogen) atoms. The fraction of sp³-hybridized carbons (Fsp3) is 0.235. The van der Waals surface area contributed by atoms with Gasteiger partial charge < -0.3 is 15.1 Å². The molecule has 0 aromatic heterocycles. The fourth-order valence-electron chi connectivity index (χ4n) is 2.19. The maximum Gasteiger partial charge on any atom is 0.257 e. The number of phenols is 1. The van der Waals surface area contributed by atoms with E-state index in [2.05, 4.69) is 0 Å². The van der Waals surface area contributed by atoms with Gasteiger partial charge in [-0.05, 0) is 36.2 Å². The Morgan fingerprint density at radius 1 is 1.14 bits per heavy atom. The Bertz CT molecular complexity index is 645. The lowest BCUT2D eigenvalue weighted by Gasteiger charge is -2.23. The monoisotopic (exact) mass is 319 g/mol. The number of hydrogen-bond acceptors (Lipinski definition) is 3. The van der Waals surface area contributed by atoms with E-state index >= 15 is 0 Å². The van der Waals surface area contributed by atoms with Crippen LogP contribution in [0.15, 0.2) is 48.5 Å². The van der Waals surface area contributed by atoms with E-state index in [0.29, 0.717) is 24.5 Å². The Labute approximate surface area is 134 Å². The molecule has 0 aliphatic rings. The summed E-state index contributed by atoms with van der Waals surface area (Å²) in [5.41, 5.74) is 1.15. The summed E-state index contributed by atoms with van der Waals surface area (Å²) in [4.78, 5) is 14.2. The van der Waals surface area contributed by atoms with Crippen LogP contribution in [0, 0.1) is 0 Å². The summed E-state index contributed by atoms with van der Waals surface area (Å²) >= 11 is 5.97. The lowest BCUT2D eigenvalue weighted by atomic mass is 10.1. The van der Waals surface area contributed by atoms with Crippen LogP contribution in [0.25, 0.3) is 0 Å². The molecule has 0 saturated carbocycles. The maximum absolute atomic E-state index is 12.6. The van der Waals surface area contributed by atoms with Gasteiger partial charge in [-0.25, -0.2) is 0 Å². The highest BCUT2D eigenvalue weighted by Gasteiger charge is 2.18. The second-order valence-corrected chi connectivity index (χ2v) is 5.39. The summed E-state index contributed by atoms with van der Waals surface area (Å²) in [5.74, 6) is -0.320. The highest BCUT2D eigenvalue weighted by atomic mass is 35.5. The Kier molecular flexibility index (Phi) is 5.81. The molecule has 0 saturated heterocycles. The van der Waals surface area contributed by atoms with E-state index in [1.165, 1.54) is 6.07 Å². The smallest absolute Gasteiger partial charge is 0.257 e. The van der Waals surface area contributed by atoms with Crippen LogP contribution in [0.4, 0.5) is 0 Å². The Morgan fingerprint density at radius 3 is 2.59 bits per heavy atom. The van der Waals surface area contributed by atoms with Crippen LogP contribution in [0.1, 0.15) is 22.3 Å². The molecule has 2 aromatic carbocycles. The van der Waals surface area contributed by atoms with Crippen molar-refractivity contribution in [1.82, 2.24) is 4.90 Å². The number of nitrogens with zero attached hydrogens (tertiary/aromatic N) is 1. The van der Waals surface area contributed by atoms with Gasteiger partial charge in [-0.1, -0.05) is 35.9 Å². The number of carbonyl (C=O) groups is 1. The summed E-state index contributed by atoms with van der Waals surface area (Å²) in [6.07, 6.45) is 0.472. The molecule has 0 bridgehead atoms. The number of aromatic hydroxyl groups is 1. The van der Waals surface area contributed by atoms with Gasteiger partial charge in [0.25, 0.3) is 5.91 Å². The molecule has 0 unspecified atom stereocenters. The summed E-state index contributed by atoms with van der Waals surface area (Å²) in [6, 6.07) is 13.7. The van der Waals surface area contributed by atoms with Crippen molar-refractivity contribution in [3.8, 4) is 5.75 Å². The molecule has 2 rings (SSSR count). The molecular formula is C17H18ClNO3. The zero-order valence-corrected chi connectivity index (χ0v) is 12.8. The van der Waals surface area contributed by atoms with Gasteiger partial charge >= 0.3 is 0 Å². The van der Waals surface area contributed by atoms with Crippen LogP contribution in [0.5, 0.6) is 5.75 Å². The number of aliphatic hydroxyl groups is 1. The van der Waals surface area contributed by atoms with Crippen molar-refractivity contribution >= 4 is 17.5 Å². The topological polar surface area (TPSA) is 60.8 Å². The fourth-order valence-corrected chi connectivity index (χ4v) is 2.41. The van der Waals surface area contributed by atoms with Crippen LogP contribution >= 0.6 is 11.6 Å². The predicted octanol–water partition coefficient (Wildman–Crippen LogP) is 3.07. The maximum atomic E-state index is 12.6. The van der Waals surface area contributed by atoms with Crippen molar-refractivity contribution in [2.24, 2.45) is 0 Å². The second-order valence-electron chi connectivity index (χ2n) is 4.95. The zero-order chi connectivity index (χ0) is 15.9. The number of amides is 1. The normalized spacial score (nSPS) is 10.5. The highest BCUT2D eigenvalue weighted by molar-refractivity contribution is 6.30. The van der Waals surface area contributed by atoms with Gasteiger partial charge in [0.05, 0.1) is 5.56 Å². The van der Waals surface area contributed by atoms with E-state index in [1.54, 1.807) is 35.2 Å². The lowest BCUT2D eigenvalue weighted by Crippen LogP contribution is -2.32. The Balaban J connectivity index is 2.22. The van der Waals surface area contributed by atoms with Crippen LogP contribution in [0.2, 0.25) is 5.02 Å². The minimum Gasteiger partial charge on any atom is -0.507 e. The third-order valence-corrected chi connectivity index (χ3v) is 3.51. The summed E-state index contributed by atoms with van der Waals surface area (Å²) < 4.78 is 0. The summed E-state index contributed by atoms with van der Waals surface area (Å²) in [6.45, 7) is 0.768. The van der Waals surface area contributed by atoms with Crippen molar-refractivity contribution in [3.05, 3.63) is 64.7 Å². The number of para-hydroxylation sites is 1. The molecular weight excluding hydrogens is 302 g/mol. The number of aliphatic hydroxyl groups excluding tert-OH is 1. The zero-order valence-electron chi connectivity index (χ0n) is 12.1. The van der Waals surface area contributed by atoms with Gasteiger partial charge in [0, 0.05) is 24.7 Å². The van der Waals surface area contributed by atoms with Gasteiger partial charge in [-0.3, -0.25) is 4.79 Å². The largest absolute Gasteiger partial charge is 0.507 e. The first-order chi connectivity index (χ1) is 10.6. The van der Waals surface area contributed by atoms with E-state index in [0.717, 1.165) is 5.56 Å². The standard InChI is InChI=1S/C17H18ClNO3/c18-14-6-3-5-13(11-14)12-19(9-4-10-20)17(22)15-7-1-2-8-16(15)21/h1-3,5-8,11,20-21H,4,9-10,12H2. The quantitative estimate of drug-likeness (QED) is 0.860. The van der Waals surface area contributed by atoms with E-state index in [1.807, 2.05) is 12.1 Å². The van der Waals surface area contributed by atoms with Crippen molar-refractivity contribution in [1.29, 1.82) is 0 Å². The van der Waals surface area contributed by atoms with Crippen molar-refractivity contribution in [3.63, 3.8) is 0 Å². The highest BCUT2D eigenvalue weighted by Crippen LogP contribution is 2.20.